The van der Waals surface area contributed by atoms with Crippen LogP contribution in [0.2, 0.25) is 0 Å². The number of fused-ring (bicyclic) bond motifs is 1. The molecule has 1 aliphatic heterocycles. The molecule has 2 heterocycles. The molecule has 2 unspecified atom stereocenters. The van der Waals surface area contributed by atoms with E-state index in [1.54, 1.807) is 50.7 Å². The van der Waals surface area contributed by atoms with Gasteiger partial charge in [0.15, 0.2) is 5.43 Å². The van der Waals surface area contributed by atoms with Crippen molar-refractivity contribution in [3.05, 3.63) is 81.2 Å². The van der Waals surface area contributed by atoms with E-state index in [0.717, 1.165) is 11.3 Å². The first kappa shape index (κ1) is 27.4. The summed E-state index contributed by atoms with van der Waals surface area (Å²) >= 11 is 1.66. The monoisotopic (exact) mass is 533 g/mol. The quantitative estimate of drug-likeness (QED) is 0.271. The predicted molar refractivity (Wildman–Crippen MR) is 151 cm³/mol. The summed E-state index contributed by atoms with van der Waals surface area (Å²) in [6, 6.07) is 14.6. The van der Waals surface area contributed by atoms with Gasteiger partial charge in [-0.15, -0.1) is 0 Å². The molecule has 0 radical (unpaired) electrons. The molecule has 0 spiro atoms. The van der Waals surface area contributed by atoms with E-state index >= 15 is 0 Å². The summed E-state index contributed by atoms with van der Waals surface area (Å²) in [5.41, 5.74) is 3.11. The predicted octanol–water partition coefficient (Wildman–Crippen LogP) is 5.69. The molecule has 0 N–H and O–H groups in total. The maximum atomic E-state index is 13.5. The number of hydrogen-bond donors (Lipinski definition) is 0. The SMILES string of the molecule is CCSCCOC(=O)C1=C(C)N=C(C)C(C(=O)OC)C1c1cccc2c(=O)c(C)c(-c3ccccc3)oc12. The summed E-state index contributed by atoms with van der Waals surface area (Å²) in [5, 5.41) is 0.369. The van der Waals surface area contributed by atoms with E-state index in [4.69, 9.17) is 13.9 Å². The van der Waals surface area contributed by atoms with Crippen molar-refractivity contribution in [2.45, 2.75) is 33.6 Å². The third-order valence-corrected chi connectivity index (χ3v) is 7.58. The summed E-state index contributed by atoms with van der Waals surface area (Å²) in [6.07, 6.45) is 0. The Labute approximate surface area is 225 Å². The van der Waals surface area contributed by atoms with Gasteiger partial charge in [-0.05, 0) is 32.6 Å². The largest absolute Gasteiger partial charge is 0.468 e. The molecule has 0 aliphatic carbocycles. The van der Waals surface area contributed by atoms with Crippen LogP contribution in [0.5, 0.6) is 0 Å². The Balaban J connectivity index is 1.96. The van der Waals surface area contributed by atoms with E-state index < -0.39 is 23.8 Å². The number of ether oxygens (including phenoxy) is 2. The first-order valence-corrected chi connectivity index (χ1v) is 13.7. The topological polar surface area (TPSA) is 95.2 Å². The second-order valence-electron chi connectivity index (χ2n) is 9.04. The number of nitrogens with zero attached hydrogens (tertiary/aromatic N) is 1. The van der Waals surface area contributed by atoms with Crippen LogP contribution >= 0.6 is 11.8 Å². The van der Waals surface area contributed by atoms with E-state index in [-0.39, 0.29) is 17.6 Å². The van der Waals surface area contributed by atoms with E-state index in [0.29, 0.717) is 45.0 Å². The Bertz CT molecular complexity index is 1490. The highest BCUT2D eigenvalue weighted by Crippen LogP contribution is 2.43. The molecule has 2 aromatic carbocycles. The summed E-state index contributed by atoms with van der Waals surface area (Å²) in [4.78, 5) is 44.6. The van der Waals surface area contributed by atoms with Crippen LogP contribution in [0.1, 0.15) is 37.8 Å². The molecule has 0 saturated carbocycles. The fraction of sp³-hybridized carbons (Fsp3) is 0.333. The molecule has 38 heavy (non-hydrogen) atoms. The molecule has 2 atom stereocenters. The van der Waals surface area contributed by atoms with Crippen molar-refractivity contribution in [2.75, 3.05) is 25.2 Å². The number of para-hydroxylation sites is 1. The molecule has 1 aromatic heterocycles. The minimum absolute atomic E-state index is 0.177. The lowest BCUT2D eigenvalue weighted by Gasteiger charge is -2.31. The van der Waals surface area contributed by atoms with Gasteiger partial charge in [0.25, 0.3) is 0 Å². The highest BCUT2D eigenvalue weighted by molar-refractivity contribution is 7.99. The average Bonchev–Trinajstić information content (AvgIpc) is 2.92. The fourth-order valence-corrected chi connectivity index (χ4v) is 5.42. The molecule has 7 nitrogen and oxygen atoms in total. The Morgan fingerprint density at radius 2 is 1.79 bits per heavy atom. The van der Waals surface area contributed by atoms with Crippen molar-refractivity contribution in [3.63, 3.8) is 0 Å². The van der Waals surface area contributed by atoms with Crippen LogP contribution < -0.4 is 5.43 Å². The third kappa shape index (κ3) is 5.18. The summed E-state index contributed by atoms with van der Waals surface area (Å²) in [5.74, 6) is -0.793. The second-order valence-corrected chi connectivity index (χ2v) is 10.4. The zero-order valence-electron chi connectivity index (χ0n) is 22.2. The number of carbonyl (C=O) groups excluding carboxylic acids is 2. The minimum atomic E-state index is -0.895. The van der Waals surface area contributed by atoms with E-state index in [9.17, 15) is 14.4 Å². The molecule has 198 valence electrons. The number of thioether (sulfide) groups is 1. The van der Waals surface area contributed by atoms with Gasteiger partial charge in [-0.25, -0.2) is 4.79 Å². The lowest BCUT2D eigenvalue weighted by Crippen LogP contribution is -2.36. The van der Waals surface area contributed by atoms with Crippen LogP contribution in [0.4, 0.5) is 0 Å². The zero-order chi connectivity index (χ0) is 27.4. The zero-order valence-corrected chi connectivity index (χ0v) is 23.0. The van der Waals surface area contributed by atoms with E-state index in [1.807, 2.05) is 37.3 Å². The molecule has 8 heteroatoms. The third-order valence-electron chi connectivity index (χ3n) is 6.71. The number of allylic oxidation sites excluding steroid dienone is 1. The van der Waals surface area contributed by atoms with Crippen LogP contribution in [0, 0.1) is 12.8 Å². The number of rotatable bonds is 8. The molecular weight excluding hydrogens is 502 g/mol. The molecule has 0 bridgehead atoms. The van der Waals surface area contributed by atoms with Crippen molar-refractivity contribution in [2.24, 2.45) is 10.9 Å². The molecule has 0 fully saturated rings. The van der Waals surface area contributed by atoms with Gasteiger partial charge in [-0.1, -0.05) is 49.4 Å². The Kier molecular flexibility index (Phi) is 8.52. The normalized spacial score (nSPS) is 17.3. The van der Waals surface area contributed by atoms with Gasteiger partial charge in [0.05, 0.1) is 18.1 Å². The van der Waals surface area contributed by atoms with Gasteiger partial charge >= 0.3 is 11.9 Å². The Hall–Kier alpha value is -3.65. The lowest BCUT2D eigenvalue weighted by molar-refractivity contribution is -0.144. The summed E-state index contributed by atoms with van der Waals surface area (Å²) in [6.45, 7) is 7.46. The van der Waals surface area contributed by atoms with Gasteiger partial charge < -0.3 is 13.9 Å². The molecular formula is C30H31NO6S. The average molecular weight is 534 g/mol. The van der Waals surface area contributed by atoms with Gasteiger partial charge in [0.1, 0.15) is 23.9 Å². The Morgan fingerprint density at radius 1 is 1.05 bits per heavy atom. The number of aliphatic imine (C=N–C) groups is 1. The highest BCUT2D eigenvalue weighted by atomic mass is 32.2. The summed E-state index contributed by atoms with van der Waals surface area (Å²) < 4.78 is 17.2. The maximum Gasteiger partial charge on any atom is 0.336 e. The van der Waals surface area contributed by atoms with Crippen molar-refractivity contribution < 1.29 is 23.5 Å². The maximum absolute atomic E-state index is 13.5. The van der Waals surface area contributed by atoms with Gasteiger partial charge in [0, 0.05) is 39.8 Å². The number of hydrogen-bond acceptors (Lipinski definition) is 8. The Morgan fingerprint density at radius 3 is 2.47 bits per heavy atom. The first-order valence-electron chi connectivity index (χ1n) is 12.5. The van der Waals surface area contributed by atoms with Crippen molar-refractivity contribution in [1.29, 1.82) is 0 Å². The molecule has 0 saturated heterocycles. The van der Waals surface area contributed by atoms with Crippen LogP contribution in [0.25, 0.3) is 22.3 Å². The molecule has 1 aliphatic rings. The fourth-order valence-electron chi connectivity index (χ4n) is 4.93. The van der Waals surface area contributed by atoms with Crippen molar-refractivity contribution in [1.82, 2.24) is 0 Å². The number of methoxy groups -OCH3 is 1. The van der Waals surface area contributed by atoms with Crippen LogP contribution in [-0.2, 0) is 19.1 Å². The van der Waals surface area contributed by atoms with Crippen LogP contribution in [0.3, 0.4) is 0 Å². The number of carbonyl (C=O) groups is 2. The van der Waals surface area contributed by atoms with Gasteiger partial charge in [-0.2, -0.15) is 11.8 Å². The van der Waals surface area contributed by atoms with Crippen molar-refractivity contribution >= 4 is 40.4 Å². The smallest absolute Gasteiger partial charge is 0.336 e. The first-order chi connectivity index (χ1) is 18.3. The van der Waals surface area contributed by atoms with E-state index in [2.05, 4.69) is 4.99 Å². The standard InChI is InChI=1S/C30H31NO6S/c1-6-38-16-15-36-30(34)24-19(4)31-18(3)23(29(33)35-5)25(24)21-13-10-14-22-26(32)17(2)27(37-28(21)22)20-11-8-7-9-12-20/h7-14,23,25H,6,15-16H2,1-5H3. The number of esters is 2. The van der Waals surface area contributed by atoms with Crippen LogP contribution in [-0.4, -0.2) is 42.9 Å². The van der Waals surface area contributed by atoms with Gasteiger partial charge in [-0.3, -0.25) is 14.6 Å². The molecule has 3 aromatic rings. The lowest BCUT2D eigenvalue weighted by atomic mass is 9.75. The number of benzene rings is 2. The molecule has 0 amide bonds. The van der Waals surface area contributed by atoms with Gasteiger partial charge in [0.2, 0.25) is 0 Å². The molecule has 4 rings (SSSR count). The van der Waals surface area contributed by atoms with Crippen LogP contribution in [0.15, 0.2) is 74.0 Å². The van der Waals surface area contributed by atoms with Crippen molar-refractivity contribution in [3.8, 4) is 11.3 Å². The summed E-state index contributed by atoms with van der Waals surface area (Å²) in [7, 11) is 1.30. The van der Waals surface area contributed by atoms with E-state index in [1.165, 1.54) is 7.11 Å². The second kappa shape index (κ2) is 11.8. The minimum Gasteiger partial charge on any atom is -0.468 e. The highest BCUT2D eigenvalue weighted by Gasteiger charge is 2.43.